The highest BCUT2D eigenvalue weighted by atomic mass is 32.1. The number of carbonyl (C=O) groups excluding carboxylic acids is 1. The van der Waals surface area contributed by atoms with Crippen molar-refractivity contribution in [3.05, 3.63) is 59.9 Å². The zero-order valence-electron chi connectivity index (χ0n) is 11.0. The van der Waals surface area contributed by atoms with E-state index in [-0.39, 0.29) is 28.8 Å². The Morgan fingerprint density at radius 3 is 2.57 bits per heavy atom. The number of hydrogen-bond acceptors (Lipinski definition) is 3. The van der Waals surface area contributed by atoms with Crippen LogP contribution in [-0.2, 0) is 4.79 Å². The van der Waals surface area contributed by atoms with Crippen molar-refractivity contribution in [3.63, 3.8) is 0 Å². The summed E-state index contributed by atoms with van der Waals surface area (Å²) in [5.74, 6) is -0.681. The molecular weight excluding hydrogens is 291 g/mol. The number of para-hydroxylation sites is 1. The first-order valence-electron chi connectivity index (χ1n) is 6.13. The Kier molecular flexibility index (Phi) is 4.84. The zero-order valence-corrected chi connectivity index (χ0v) is 11.8. The van der Waals surface area contributed by atoms with Gasteiger partial charge in [-0.3, -0.25) is 4.79 Å². The first-order chi connectivity index (χ1) is 10.1. The maximum Gasteiger partial charge on any atom is 0.262 e. The lowest BCUT2D eigenvalue weighted by Gasteiger charge is -2.08. The number of anilines is 1. The van der Waals surface area contributed by atoms with Gasteiger partial charge in [0.25, 0.3) is 5.91 Å². The fourth-order valence-electron chi connectivity index (χ4n) is 1.65. The maximum atomic E-state index is 13.6. The van der Waals surface area contributed by atoms with E-state index in [2.05, 4.69) is 5.32 Å². The summed E-state index contributed by atoms with van der Waals surface area (Å²) >= 11 is 4.70. The number of ether oxygens (including phenoxy) is 1. The molecule has 0 atom stereocenters. The maximum absolute atomic E-state index is 13.6. The molecule has 2 aromatic rings. The van der Waals surface area contributed by atoms with E-state index >= 15 is 0 Å². The van der Waals surface area contributed by atoms with Crippen LogP contribution in [0.15, 0.2) is 48.5 Å². The molecule has 0 saturated heterocycles. The van der Waals surface area contributed by atoms with E-state index < -0.39 is 5.82 Å². The molecule has 1 amide bonds. The predicted octanol–water partition coefficient (Wildman–Crippen LogP) is 2.48. The Morgan fingerprint density at radius 2 is 1.95 bits per heavy atom. The van der Waals surface area contributed by atoms with Crippen molar-refractivity contribution in [2.75, 3.05) is 11.9 Å². The SMILES string of the molecule is NC(=S)c1ccc(OCC(=O)Nc2ccccc2)cc1F. The fourth-order valence-corrected chi connectivity index (χ4v) is 1.82. The lowest BCUT2D eigenvalue weighted by molar-refractivity contribution is -0.118. The molecule has 0 aromatic heterocycles. The smallest absolute Gasteiger partial charge is 0.262 e. The number of amides is 1. The second kappa shape index (κ2) is 6.81. The van der Waals surface area contributed by atoms with Crippen LogP contribution in [0.25, 0.3) is 0 Å². The number of nitrogens with one attached hydrogen (secondary N) is 1. The molecule has 0 spiro atoms. The van der Waals surface area contributed by atoms with E-state index in [0.29, 0.717) is 5.69 Å². The molecule has 0 aliphatic heterocycles. The number of benzene rings is 2. The molecule has 0 saturated carbocycles. The molecule has 0 bridgehead atoms. The summed E-state index contributed by atoms with van der Waals surface area (Å²) in [6.07, 6.45) is 0. The van der Waals surface area contributed by atoms with Crippen LogP contribution in [-0.4, -0.2) is 17.5 Å². The average Bonchev–Trinajstić information content (AvgIpc) is 2.46. The molecule has 0 heterocycles. The van der Waals surface area contributed by atoms with Crippen LogP contribution in [0.5, 0.6) is 5.75 Å². The normalized spacial score (nSPS) is 9.95. The summed E-state index contributed by atoms with van der Waals surface area (Å²) < 4.78 is 18.8. The molecule has 0 fully saturated rings. The van der Waals surface area contributed by atoms with E-state index in [1.165, 1.54) is 12.1 Å². The van der Waals surface area contributed by atoms with Gasteiger partial charge in [0.05, 0.1) is 0 Å². The Labute approximate surface area is 126 Å². The van der Waals surface area contributed by atoms with Gasteiger partial charge < -0.3 is 15.8 Å². The predicted molar refractivity (Wildman–Crippen MR) is 82.9 cm³/mol. The van der Waals surface area contributed by atoms with Crippen LogP contribution in [0.2, 0.25) is 0 Å². The van der Waals surface area contributed by atoms with Crippen molar-refractivity contribution in [2.45, 2.75) is 0 Å². The minimum absolute atomic E-state index is 0.0270. The second-order valence-corrected chi connectivity index (χ2v) is 4.65. The molecule has 0 unspecified atom stereocenters. The molecule has 0 aliphatic carbocycles. The molecule has 6 heteroatoms. The molecule has 108 valence electrons. The second-order valence-electron chi connectivity index (χ2n) is 4.21. The summed E-state index contributed by atoms with van der Waals surface area (Å²) in [6, 6.07) is 13.0. The van der Waals surface area contributed by atoms with E-state index in [4.69, 9.17) is 22.7 Å². The summed E-state index contributed by atoms with van der Waals surface area (Å²) in [5.41, 5.74) is 6.17. The van der Waals surface area contributed by atoms with Crippen LogP contribution in [0, 0.1) is 5.82 Å². The Bertz CT molecular complexity index is 662. The summed E-state index contributed by atoms with van der Waals surface area (Å²) in [5, 5.41) is 2.66. The average molecular weight is 304 g/mol. The van der Waals surface area contributed by atoms with Gasteiger partial charge in [-0.25, -0.2) is 4.39 Å². The van der Waals surface area contributed by atoms with E-state index in [1.807, 2.05) is 6.07 Å². The fraction of sp³-hybridized carbons (Fsp3) is 0.0667. The summed E-state index contributed by atoms with van der Waals surface area (Å²) in [7, 11) is 0. The Hall–Kier alpha value is -2.47. The number of thiocarbonyl (C=S) groups is 1. The van der Waals surface area contributed by atoms with Gasteiger partial charge in [0.2, 0.25) is 0 Å². The molecule has 0 aliphatic rings. The highest BCUT2D eigenvalue weighted by molar-refractivity contribution is 7.80. The third kappa shape index (κ3) is 4.25. The van der Waals surface area contributed by atoms with Crippen LogP contribution in [0.3, 0.4) is 0 Å². The van der Waals surface area contributed by atoms with Gasteiger partial charge in [0, 0.05) is 17.3 Å². The number of carbonyl (C=O) groups is 1. The van der Waals surface area contributed by atoms with Crippen molar-refractivity contribution < 1.29 is 13.9 Å². The number of halogens is 1. The summed E-state index contributed by atoms with van der Waals surface area (Å²) in [6.45, 7) is -0.221. The van der Waals surface area contributed by atoms with E-state index in [1.54, 1.807) is 24.3 Å². The van der Waals surface area contributed by atoms with Gasteiger partial charge in [-0.15, -0.1) is 0 Å². The molecule has 4 nitrogen and oxygen atoms in total. The number of hydrogen-bond donors (Lipinski definition) is 2. The van der Waals surface area contributed by atoms with Crippen LogP contribution < -0.4 is 15.8 Å². The van der Waals surface area contributed by atoms with Crippen molar-refractivity contribution in [2.24, 2.45) is 5.73 Å². The monoisotopic (exact) mass is 304 g/mol. The van der Waals surface area contributed by atoms with Gasteiger partial charge in [0.15, 0.2) is 6.61 Å². The van der Waals surface area contributed by atoms with Gasteiger partial charge in [0.1, 0.15) is 16.6 Å². The van der Waals surface area contributed by atoms with Gasteiger partial charge in [-0.2, -0.15) is 0 Å². The van der Waals surface area contributed by atoms with Crippen molar-refractivity contribution >= 4 is 28.8 Å². The minimum atomic E-state index is -0.580. The van der Waals surface area contributed by atoms with Crippen LogP contribution >= 0.6 is 12.2 Å². The Balaban J connectivity index is 1.92. The topological polar surface area (TPSA) is 64.3 Å². The molecule has 2 rings (SSSR count). The Morgan fingerprint density at radius 1 is 1.24 bits per heavy atom. The minimum Gasteiger partial charge on any atom is -0.484 e. The van der Waals surface area contributed by atoms with Crippen LogP contribution in [0.1, 0.15) is 5.56 Å². The van der Waals surface area contributed by atoms with E-state index in [0.717, 1.165) is 6.07 Å². The van der Waals surface area contributed by atoms with Crippen molar-refractivity contribution in [1.82, 2.24) is 0 Å². The highest BCUT2D eigenvalue weighted by Gasteiger charge is 2.08. The first kappa shape index (κ1) is 14.9. The van der Waals surface area contributed by atoms with Gasteiger partial charge in [-0.1, -0.05) is 30.4 Å². The zero-order chi connectivity index (χ0) is 15.2. The third-order valence-corrected chi connectivity index (χ3v) is 2.85. The number of nitrogens with two attached hydrogens (primary N) is 1. The number of rotatable bonds is 5. The quantitative estimate of drug-likeness (QED) is 0.833. The first-order valence-corrected chi connectivity index (χ1v) is 6.54. The molecule has 21 heavy (non-hydrogen) atoms. The molecular formula is C15H13FN2O2S. The highest BCUT2D eigenvalue weighted by Crippen LogP contribution is 2.16. The van der Waals surface area contributed by atoms with Gasteiger partial charge >= 0.3 is 0 Å². The lowest BCUT2D eigenvalue weighted by Crippen LogP contribution is -2.20. The van der Waals surface area contributed by atoms with Crippen molar-refractivity contribution in [3.8, 4) is 5.75 Å². The van der Waals surface area contributed by atoms with E-state index in [9.17, 15) is 9.18 Å². The largest absolute Gasteiger partial charge is 0.484 e. The summed E-state index contributed by atoms with van der Waals surface area (Å²) in [4.78, 5) is 11.6. The lowest BCUT2D eigenvalue weighted by atomic mass is 10.2. The standard InChI is InChI=1S/C15H13FN2O2S/c16-13-8-11(6-7-12(13)15(17)21)20-9-14(19)18-10-4-2-1-3-5-10/h1-8H,9H2,(H2,17,21)(H,18,19). The molecule has 2 aromatic carbocycles. The molecule has 0 radical (unpaired) electrons. The van der Waals surface area contributed by atoms with Gasteiger partial charge in [-0.05, 0) is 24.3 Å². The molecule has 3 N–H and O–H groups in total. The third-order valence-electron chi connectivity index (χ3n) is 2.63. The van der Waals surface area contributed by atoms with Crippen LogP contribution in [0.4, 0.5) is 10.1 Å². The van der Waals surface area contributed by atoms with Crippen molar-refractivity contribution in [1.29, 1.82) is 0 Å².